The zero-order valence-corrected chi connectivity index (χ0v) is 12.1. The van der Waals surface area contributed by atoms with Crippen molar-refractivity contribution in [3.63, 3.8) is 0 Å². The average molecular weight is 294 g/mol. The summed E-state index contributed by atoms with van der Waals surface area (Å²) in [5.41, 5.74) is -0.138. The first-order chi connectivity index (χ1) is 9.88. The number of hydrogen-bond donors (Lipinski definition) is 2. The van der Waals surface area contributed by atoms with E-state index >= 15 is 0 Å². The molecule has 0 radical (unpaired) electrons. The number of likely N-dealkylation sites (tertiary alicyclic amines) is 1. The van der Waals surface area contributed by atoms with Gasteiger partial charge in [0.2, 0.25) is 0 Å². The summed E-state index contributed by atoms with van der Waals surface area (Å²) in [6, 6.07) is 2.93. The fraction of sp³-hybridized carbons (Fsp3) is 0.467. The van der Waals surface area contributed by atoms with Gasteiger partial charge in [0.05, 0.1) is 11.3 Å². The molecule has 0 aromatic heterocycles. The molecule has 0 spiro atoms. The predicted octanol–water partition coefficient (Wildman–Crippen LogP) is 3.18. The van der Waals surface area contributed by atoms with Crippen LogP contribution in [0.2, 0.25) is 0 Å². The molecule has 0 saturated carbocycles. The fourth-order valence-corrected chi connectivity index (χ4v) is 2.70. The Kier molecular flexibility index (Phi) is 4.45. The third-order valence-electron chi connectivity index (χ3n) is 3.85. The SMILES string of the molecule is CC1CCN(C(=O)Nc2cc(F)ccc2C(=O)O)C(C)C1. The number of piperidine rings is 1. The largest absolute Gasteiger partial charge is 0.478 e. The van der Waals surface area contributed by atoms with Crippen molar-refractivity contribution in [2.45, 2.75) is 32.7 Å². The van der Waals surface area contributed by atoms with E-state index in [1.807, 2.05) is 6.92 Å². The van der Waals surface area contributed by atoms with E-state index in [0.717, 1.165) is 31.0 Å². The minimum absolute atomic E-state index is 0.0154. The van der Waals surface area contributed by atoms with Crippen molar-refractivity contribution in [1.82, 2.24) is 4.90 Å². The number of amides is 2. The topological polar surface area (TPSA) is 69.6 Å². The summed E-state index contributed by atoms with van der Waals surface area (Å²) in [6.07, 6.45) is 1.81. The zero-order chi connectivity index (χ0) is 15.6. The molecule has 2 rings (SSSR count). The Morgan fingerprint density at radius 1 is 1.38 bits per heavy atom. The number of carbonyl (C=O) groups is 2. The van der Waals surface area contributed by atoms with Crippen molar-refractivity contribution in [3.05, 3.63) is 29.6 Å². The van der Waals surface area contributed by atoms with Crippen molar-refractivity contribution >= 4 is 17.7 Å². The number of benzene rings is 1. The van der Waals surface area contributed by atoms with E-state index in [4.69, 9.17) is 5.11 Å². The van der Waals surface area contributed by atoms with Gasteiger partial charge < -0.3 is 15.3 Å². The predicted molar refractivity (Wildman–Crippen MR) is 76.9 cm³/mol. The Morgan fingerprint density at radius 2 is 2.10 bits per heavy atom. The van der Waals surface area contributed by atoms with Crippen LogP contribution in [-0.2, 0) is 0 Å². The second-order valence-corrected chi connectivity index (χ2v) is 5.60. The quantitative estimate of drug-likeness (QED) is 0.880. The van der Waals surface area contributed by atoms with E-state index < -0.39 is 11.8 Å². The van der Waals surface area contributed by atoms with E-state index in [9.17, 15) is 14.0 Å². The third-order valence-corrected chi connectivity index (χ3v) is 3.85. The minimum atomic E-state index is -1.20. The van der Waals surface area contributed by atoms with Crippen LogP contribution in [0.25, 0.3) is 0 Å². The maximum absolute atomic E-state index is 13.3. The standard InChI is InChI=1S/C15H19FN2O3/c1-9-5-6-18(10(2)7-9)15(21)17-13-8-11(16)3-4-12(13)14(19)20/h3-4,8-10H,5-7H2,1-2H3,(H,17,21)(H,19,20). The van der Waals surface area contributed by atoms with Crippen molar-refractivity contribution in [1.29, 1.82) is 0 Å². The molecular formula is C15H19FN2O3. The molecule has 2 atom stereocenters. The van der Waals surface area contributed by atoms with E-state index in [2.05, 4.69) is 12.2 Å². The molecule has 1 fully saturated rings. The van der Waals surface area contributed by atoms with Crippen molar-refractivity contribution in [3.8, 4) is 0 Å². The summed E-state index contributed by atoms with van der Waals surface area (Å²) in [6.45, 7) is 4.71. The van der Waals surface area contributed by atoms with Gasteiger partial charge in [0.15, 0.2) is 0 Å². The van der Waals surface area contributed by atoms with Crippen LogP contribution in [0, 0.1) is 11.7 Å². The number of carboxylic acids is 1. The lowest BCUT2D eigenvalue weighted by molar-refractivity contribution is 0.0698. The molecular weight excluding hydrogens is 275 g/mol. The number of urea groups is 1. The molecule has 1 aromatic rings. The summed E-state index contributed by atoms with van der Waals surface area (Å²) in [7, 11) is 0. The first-order valence-corrected chi connectivity index (χ1v) is 6.99. The van der Waals surface area contributed by atoms with Crippen LogP contribution in [0.1, 0.15) is 37.0 Å². The highest BCUT2D eigenvalue weighted by molar-refractivity contribution is 6.00. The summed E-state index contributed by atoms with van der Waals surface area (Å²) < 4.78 is 13.3. The molecule has 2 unspecified atom stereocenters. The second kappa shape index (κ2) is 6.11. The average Bonchev–Trinajstić information content (AvgIpc) is 2.37. The van der Waals surface area contributed by atoms with Gasteiger partial charge in [0.1, 0.15) is 5.82 Å². The van der Waals surface area contributed by atoms with Crippen LogP contribution in [-0.4, -0.2) is 34.6 Å². The number of nitrogens with one attached hydrogen (secondary N) is 1. The molecule has 1 saturated heterocycles. The molecule has 0 bridgehead atoms. The summed E-state index contributed by atoms with van der Waals surface area (Å²) in [5, 5.41) is 11.6. The van der Waals surface area contributed by atoms with Crippen molar-refractivity contribution in [2.24, 2.45) is 5.92 Å². The third kappa shape index (κ3) is 3.51. The lowest BCUT2D eigenvalue weighted by atomic mass is 9.94. The van der Waals surface area contributed by atoms with Crippen LogP contribution in [0.15, 0.2) is 18.2 Å². The Morgan fingerprint density at radius 3 is 2.71 bits per heavy atom. The number of nitrogens with zero attached hydrogens (tertiary/aromatic N) is 1. The van der Waals surface area contributed by atoms with Crippen molar-refractivity contribution < 1.29 is 19.1 Å². The smallest absolute Gasteiger partial charge is 0.337 e. The number of halogens is 1. The lowest BCUT2D eigenvalue weighted by Gasteiger charge is -2.36. The van der Waals surface area contributed by atoms with Gasteiger partial charge in [-0.1, -0.05) is 6.92 Å². The highest BCUT2D eigenvalue weighted by atomic mass is 19.1. The highest BCUT2D eigenvalue weighted by Crippen LogP contribution is 2.24. The molecule has 1 heterocycles. The molecule has 1 aliphatic rings. The van der Waals surface area contributed by atoms with Gasteiger partial charge in [0.25, 0.3) is 0 Å². The first kappa shape index (κ1) is 15.3. The van der Waals surface area contributed by atoms with Crippen LogP contribution >= 0.6 is 0 Å². The Bertz CT molecular complexity index is 562. The number of carboxylic acid groups (broad SMARTS) is 1. The number of aromatic carboxylic acids is 1. The molecule has 2 N–H and O–H groups in total. The van der Waals surface area contributed by atoms with Gasteiger partial charge in [0, 0.05) is 12.6 Å². The molecule has 5 nitrogen and oxygen atoms in total. The number of carbonyl (C=O) groups excluding carboxylic acids is 1. The van der Waals surface area contributed by atoms with Gasteiger partial charge in [-0.2, -0.15) is 0 Å². The van der Waals surface area contributed by atoms with E-state index in [0.29, 0.717) is 12.5 Å². The first-order valence-electron chi connectivity index (χ1n) is 6.99. The maximum Gasteiger partial charge on any atom is 0.337 e. The van der Waals surface area contributed by atoms with Crippen LogP contribution in [0.4, 0.5) is 14.9 Å². The van der Waals surface area contributed by atoms with Gasteiger partial charge in [-0.15, -0.1) is 0 Å². The summed E-state index contributed by atoms with van der Waals surface area (Å²) in [4.78, 5) is 25.0. The molecule has 1 aliphatic heterocycles. The molecule has 1 aromatic carbocycles. The molecule has 114 valence electrons. The fourth-order valence-electron chi connectivity index (χ4n) is 2.70. The normalized spacial score (nSPS) is 22.0. The Balaban J connectivity index is 2.16. The zero-order valence-electron chi connectivity index (χ0n) is 12.1. The lowest BCUT2D eigenvalue weighted by Crippen LogP contribution is -2.46. The van der Waals surface area contributed by atoms with E-state index in [1.165, 1.54) is 0 Å². The molecule has 21 heavy (non-hydrogen) atoms. The van der Waals surface area contributed by atoms with Gasteiger partial charge in [-0.05, 0) is 43.9 Å². The second-order valence-electron chi connectivity index (χ2n) is 5.60. The maximum atomic E-state index is 13.3. The van der Waals surface area contributed by atoms with Crippen molar-refractivity contribution in [2.75, 3.05) is 11.9 Å². The van der Waals surface area contributed by atoms with E-state index in [1.54, 1.807) is 4.90 Å². The Hall–Kier alpha value is -2.11. The molecule has 6 heteroatoms. The van der Waals surface area contributed by atoms with Gasteiger partial charge in [-0.3, -0.25) is 0 Å². The van der Waals surface area contributed by atoms with Crippen LogP contribution < -0.4 is 5.32 Å². The highest BCUT2D eigenvalue weighted by Gasteiger charge is 2.27. The van der Waals surface area contributed by atoms with Gasteiger partial charge in [-0.25, -0.2) is 14.0 Å². The number of anilines is 1. The number of hydrogen-bond acceptors (Lipinski definition) is 2. The number of rotatable bonds is 2. The van der Waals surface area contributed by atoms with Crippen LogP contribution in [0.3, 0.4) is 0 Å². The minimum Gasteiger partial charge on any atom is -0.478 e. The van der Waals surface area contributed by atoms with Gasteiger partial charge >= 0.3 is 12.0 Å². The van der Waals surface area contributed by atoms with E-state index in [-0.39, 0.29) is 23.3 Å². The molecule has 2 amide bonds. The summed E-state index contributed by atoms with van der Waals surface area (Å²) in [5.74, 6) is -1.23. The molecule has 0 aliphatic carbocycles. The monoisotopic (exact) mass is 294 g/mol. The Labute approximate surface area is 122 Å². The summed E-state index contributed by atoms with van der Waals surface area (Å²) >= 11 is 0. The van der Waals surface area contributed by atoms with Crippen LogP contribution in [0.5, 0.6) is 0 Å².